The van der Waals surface area contributed by atoms with Crippen LogP contribution in [0.2, 0.25) is 0 Å². The molecule has 0 saturated carbocycles. The second-order valence-electron chi connectivity index (χ2n) is 8.11. The van der Waals surface area contributed by atoms with Gasteiger partial charge < -0.3 is 19.3 Å². The SMILES string of the molecule is Cc1ccnc(N2CCOC3(CCN(C(=O)OC(C)(C)C)CC3)C2)c1. The normalized spacial score (nSPS) is 20.6. The average Bonchev–Trinajstić information content (AvgIpc) is 2.54. The predicted molar refractivity (Wildman–Crippen MR) is 96.9 cm³/mol. The molecule has 25 heavy (non-hydrogen) atoms. The predicted octanol–water partition coefficient (Wildman–Crippen LogP) is 3.00. The third-order valence-corrected chi connectivity index (χ3v) is 4.80. The second-order valence-corrected chi connectivity index (χ2v) is 8.11. The summed E-state index contributed by atoms with van der Waals surface area (Å²) >= 11 is 0. The fourth-order valence-electron chi connectivity index (χ4n) is 3.46. The molecule has 0 unspecified atom stereocenters. The molecule has 6 heteroatoms. The number of anilines is 1. The number of rotatable bonds is 1. The molecule has 0 N–H and O–H groups in total. The van der Waals surface area contributed by atoms with Crippen molar-refractivity contribution >= 4 is 11.9 Å². The fraction of sp³-hybridized carbons (Fsp3) is 0.684. The van der Waals surface area contributed by atoms with Crippen LogP contribution in [0.4, 0.5) is 10.6 Å². The molecule has 0 aromatic carbocycles. The van der Waals surface area contributed by atoms with Crippen LogP contribution in [0.1, 0.15) is 39.2 Å². The summed E-state index contributed by atoms with van der Waals surface area (Å²) in [6, 6.07) is 4.13. The first-order chi connectivity index (χ1) is 11.8. The first-order valence-electron chi connectivity index (χ1n) is 9.06. The minimum atomic E-state index is -0.457. The van der Waals surface area contributed by atoms with Crippen LogP contribution < -0.4 is 4.90 Å². The number of amides is 1. The lowest BCUT2D eigenvalue weighted by molar-refractivity contribution is -0.0913. The lowest BCUT2D eigenvalue weighted by atomic mass is 9.89. The van der Waals surface area contributed by atoms with E-state index in [0.29, 0.717) is 19.7 Å². The second kappa shape index (κ2) is 6.83. The van der Waals surface area contributed by atoms with E-state index >= 15 is 0 Å². The van der Waals surface area contributed by atoms with E-state index in [1.54, 1.807) is 4.90 Å². The third-order valence-electron chi connectivity index (χ3n) is 4.80. The molecule has 2 saturated heterocycles. The zero-order valence-corrected chi connectivity index (χ0v) is 15.7. The standard InChI is InChI=1S/C19H29N3O3/c1-15-5-8-20-16(13-15)22-11-12-24-19(14-22)6-9-21(10-7-19)17(23)25-18(2,3)4/h5,8,13H,6-7,9-12,14H2,1-4H3. The highest BCUT2D eigenvalue weighted by Crippen LogP contribution is 2.32. The van der Waals surface area contributed by atoms with E-state index in [-0.39, 0.29) is 11.7 Å². The van der Waals surface area contributed by atoms with Gasteiger partial charge in [0, 0.05) is 32.4 Å². The molecule has 0 radical (unpaired) electrons. The smallest absolute Gasteiger partial charge is 0.410 e. The molecule has 1 amide bonds. The Bertz CT molecular complexity index is 619. The van der Waals surface area contributed by atoms with Crippen molar-refractivity contribution in [2.24, 2.45) is 0 Å². The molecular formula is C19H29N3O3. The van der Waals surface area contributed by atoms with Gasteiger partial charge in [-0.25, -0.2) is 9.78 Å². The molecule has 0 aliphatic carbocycles. The van der Waals surface area contributed by atoms with E-state index in [9.17, 15) is 4.79 Å². The van der Waals surface area contributed by atoms with E-state index < -0.39 is 5.60 Å². The highest BCUT2D eigenvalue weighted by molar-refractivity contribution is 5.68. The Morgan fingerprint density at radius 1 is 1.28 bits per heavy atom. The summed E-state index contributed by atoms with van der Waals surface area (Å²) in [7, 11) is 0. The summed E-state index contributed by atoms with van der Waals surface area (Å²) in [5, 5.41) is 0. The Morgan fingerprint density at radius 3 is 2.64 bits per heavy atom. The van der Waals surface area contributed by atoms with Gasteiger partial charge in [-0.15, -0.1) is 0 Å². The number of likely N-dealkylation sites (tertiary alicyclic amines) is 1. The number of carbonyl (C=O) groups excluding carboxylic acids is 1. The Kier molecular flexibility index (Phi) is 4.91. The van der Waals surface area contributed by atoms with E-state index in [4.69, 9.17) is 9.47 Å². The summed E-state index contributed by atoms with van der Waals surface area (Å²) in [5.41, 5.74) is 0.564. The van der Waals surface area contributed by atoms with Crippen molar-refractivity contribution in [3.8, 4) is 0 Å². The molecule has 6 nitrogen and oxygen atoms in total. The van der Waals surface area contributed by atoms with Crippen LogP contribution in [-0.2, 0) is 9.47 Å². The first kappa shape index (κ1) is 18.0. The molecule has 3 rings (SSSR count). The van der Waals surface area contributed by atoms with Gasteiger partial charge in [0.05, 0.1) is 12.2 Å². The zero-order valence-electron chi connectivity index (χ0n) is 15.7. The van der Waals surface area contributed by atoms with Gasteiger partial charge in [0.15, 0.2) is 0 Å². The number of hydrogen-bond acceptors (Lipinski definition) is 5. The van der Waals surface area contributed by atoms with E-state index in [1.165, 1.54) is 5.56 Å². The number of aryl methyl sites for hydroxylation is 1. The van der Waals surface area contributed by atoms with Crippen LogP contribution >= 0.6 is 0 Å². The van der Waals surface area contributed by atoms with Gasteiger partial charge in [-0.1, -0.05) is 0 Å². The molecule has 3 heterocycles. The van der Waals surface area contributed by atoms with Gasteiger partial charge in [-0.05, 0) is 58.2 Å². The Morgan fingerprint density at radius 2 is 2.00 bits per heavy atom. The summed E-state index contributed by atoms with van der Waals surface area (Å²) in [6.07, 6.45) is 3.29. The van der Waals surface area contributed by atoms with Crippen LogP contribution in [-0.4, -0.2) is 60.0 Å². The van der Waals surface area contributed by atoms with Gasteiger partial charge >= 0.3 is 6.09 Å². The maximum absolute atomic E-state index is 12.3. The van der Waals surface area contributed by atoms with Crippen molar-refractivity contribution in [2.75, 3.05) is 37.7 Å². The zero-order chi connectivity index (χ0) is 18.1. The van der Waals surface area contributed by atoms with Crippen molar-refractivity contribution in [3.63, 3.8) is 0 Å². The van der Waals surface area contributed by atoms with E-state index in [2.05, 4.69) is 22.9 Å². The van der Waals surface area contributed by atoms with E-state index in [1.807, 2.05) is 33.0 Å². The maximum atomic E-state index is 12.3. The number of carbonyl (C=O) groups is 1. The molecule has 1 spiro atoms. The number of nitrogens with zero attached hydrogens (tertiary/aromatic N) is 3. The molecule has 0 atom stereocenters. The lowest BCUT2D eigenvalue weighted by Gasteiger charge is -2.47. The third kappa shape index (κ3) is 4.42. The van der Waals surface area contributed by atoms with Gasteiger partial charge in [0.25, 0.3) is 0 Å². The molecule has 1 aromatic rings. The van der Waals surface area contributed by atoms with Crippen LogP contribution in [0.3, 0.4) is 0 Å². The molecular weight excluding hydrogens is 318 g/mol. The number of morpholine rings is 1. The maximum Gasteiger partial charge on any atom is 0.410 e. The Labute approximate surface area is 150 Å². The fourth-order valence-corrected chi connectivity index (χ4v) is 3.46. The van der Waals surface area contributed by atoms with Crippen LogP contribution in [0.15, 0.2) is 18.3 Å². The summed E-state index contributed by atoms with van der Waals surface area (Å²) < 4.78 is 11.7. The van der Waals surface area contributed by atoms with Crippen LogP contribution in [0.25, 0.3) is 0 Å². The molecule has 2 fully saturated rings. The van der Waals surface area contributed by atoms with Crippen LogP contribution in [0, 0.1) is 6.92 Å². The molecule has 1 aromatic heterocycles. The quantitative estimate of drug-likeness (QED) is 0.782. The van der Waals surface area contributed by atoms with Crippen molar-refractivity contribution < 1.29 is 14.3 Å². The summed E-state index contributed by atoms with van der Waals surface area (Å²) in [4.78, 5) is 20.9. The lowest BCUT2D eigenvalue weighted by Crippen LogP contribution is -2.58. The number of hydrogen-bond donors (Lipinski definition) is 0. The summed E-state index contributed by atoms with van der Waals surface area (Å²) in [6.45, 7) is 11.5. The minimum Gasteiger partial charge on any atom is -0.444 e. The molecule has 2 aliphatic heterocycles. The Hall–Kier alpha value is -1.82. The van der Waals surface area contributed by atoms with Crippen LogP contribution in [0.5, 0.6) is 0 Å². The highest BCUT2D eigenvalue weighted by Gasteiger charge is 2.41. The van der Waals surface area contributed by atoms with Gasteiger partial charge in [-0.3, -0.25) is 0 Å². The molecule has 2 aliphatic rings. The van der Waals surface area contributed by atoms with Gasteiger partial charge in [0.2, 0.25) is 0 Å². The monoisotopic (exact) mass is 347 g/mol. The van der Waals surface area contributed by atoms with Gasteiger partial charge in [-0.2, -0.15) is 0 Å². The van der Waals surface area contributed by atoms with Crippen molar-refractivity contribution in [2.45, 2.75) is 51.7 Å². The average molecular weight is 347 g/mol. The molecule has 138 valence electrons. The Balaban J connectivity index is 1.61. The van der Waals surface area contributed by atoms with E-state index in [0.717, 1.165) is 31.7 Å². The number of ether oxygens (including phenoxy) is 2. The number of pyridine rings is 1. The minimum absolute atomic E-state index is 0.192. The van der Waals surface area contributed by atoms with Gasteiger partial charge in [0.1, 0.15) is 11.4 Å². The largest absolute Gasteiger partial charge is 0.444 e. The molecule has 0 bridgehead atoms. The number of piperidine rings is 1. The number of aromatic nitrogens is 1. The van der Waals surface area contributed by atoms with Crippen molar-refractivity contribution in [3.05, 3.63) is 23.9 Å². The van der Waals surface area contributed by atoms with Crippen molar-refractivity contribution in [1.29, 1.82) is 0 Å². The summed E-state index contributed by atoms with van der Waals surface area (Å²) in [5.74, 6) is 1.01. The van der Waals surface area contributed by atoms with Crippen molar-refractivity contribution in [1.82, 2.24) is 9.88 Å². The first-order valence-corrected chi connectivity index (χ1v) is 9.06. The topological polar surface area (TPSA) is 54.9 Å². The highest BCUT2D eigenvalue weighted by atomic mass is 16.6.